The van der Waals surface area contributed by atoms with Gasteiger partial charge >= 0.3 is 0 Å². The zero-order valence-electron chi connectivity index (χ0n) is 13.3. The second-order valence-corrected chi connectivity index (χ2v) is 6.51. The largest absolute Gasteiger partial charge is 0.284 e. The Morgan fingerprint density at radius 2 is 1.95 bits per heavy atom. The lowest BCUT2D eigenvalue weighted by Gasteiger charge is -2.21. The number of halogens is 1. The van der Waals surface area contributed by atoms with Crippen LogP contribution < -0.4 is 0 Å². The van der Waals surface area contributed by atoms with Gasteiger partial charge in [0.2, 0.25) is 5.17 Å². The smallest absolute Gasteiger partial charge is 0.206 e. The molecule has 1 aromatic carbocycles. The molecular weight excluding hydrogens is 297 g/mol. The van der Waals surface area contributed by atoms with Gasteiger partial charge in [0.15, 0.2) is 0 Å². The second-order valence-electron chi connectivity index (χ2n) is 5.24. The third-order valence-electron chi connectivity index (χ3n) is 3.55. The fraction of sp³-hybridized carbons (Fsp3) is 0.529. The van der Waals surface area contributed by atoms with Crippen LogP contribution in [0, 0.1) is 0 Å². The highest BCUT2D eigenvalue weighted by Gasteiger charge is 2.33. The predicted octanol–water partition coefficient (Wildman–Crippen LogP) is 4.66. The molecule has 2 unspecified atom stereocenters. The van der Waals surface area contributed by atoms with Crippen molar-refractivity contribution in [1.29, 1.82) is 0 Å². The third-order valence-corrected chi connectivity index (χ3v) is 4.78. The molecule has 22 heavy (non-hydrogen) atoms. The van der Waals surface area contributed by atoms with Crippen LogP contribution in [-0.2, 0) is 0 Å². The lowest BCUT2D eigenvalue weighted by molar-refractivity contribution is 0.258. The van der Waals surface area contributed by atoms with Gasteiger partial charge in [-0.15, -0.1) is 5.10 Å². The molecule has 1 aliphatic heterocycles. The van der Waals surface area contributed by atoms with Crippen LogP contribution in [0.3, 0.4) is 0 Å². The summed E-state index contributed by atoms with van der Waals surface area (Å²) in [5.41, 5.74) is 1.11. The van der Waals surface area contributed by atoms with E-state index in [-0.39, 0.29) is 6.04 Å². The van der Waals surface area contributed by atoms with Gasteiger partial charge < -0.3 is 0 Å². The van der Waals surface area contributed by atoms with E-state index in [0.717, 1.165) is 5.56 Å². The van der Waals surface area contributed by atoms with Crippen LogP contribution in [0.1, 0.15) is 44.7 Å². The highest BCUT2D eigenvalue weighted by molar-refractivity contribution is 8.14. The quantitative estimate of drug-likeness (QED) is 0.598. The number of hydrogen-bond donors (Lipinski definition) is 0. The molecule has 1 saturated carbocycles. The molecule has 2 atom stereocenters. The van der Waals surface area contributed by atoms with E-state index in [2.05, 4.69) is 16.8 Å². The van der Waals surface area contributed by atoms with Gasteiger partial charge in [0.25, 0.3) is 0 Å². The number of alkyl halides is 1. The topological polar surface area (TPSA) is 28.0 Å². The van der Waals surface area contributed by atoms with E-state index in [4.69, 9.17) is 0 Å². The average molecular weight is 321 g/mol. The summed E-state index contributed by atoms with van der Waals surface area (Å²) in [6.45, 7) is 7.92. The summed E-state index contributed by atoms with van der Waals surface area (Å²) in [6, 6.07) is 9.99. The van der Waals surface area contributed by atoms with Crippen LogP contribution >= 0.6 is 11.8 Å². The van der Waals surface area contributed by atoms with E-state index < -0.39 is 6.17 Å². The minimum atomic E-state index is -0.832. The van der Waals surface area contributed by atoms with Crippen LogP contribution in [0.5, 0.6) is 0 Å². The number of aliphatic imine (C=N–C) groups is 1. The molecule has 0 radical (unpaired) electrons. The summed E-state index contributed by atoms with van der Waals surface area (Å²) < 4.78 is 13.8. The first-order chi connectivity index (χ1) is 10.8. The molecule has 3 rings (SSSR count). The summed E-state index contributed by atoms with van der Waals surface area (Å²) in [6.07, 6.45) is 2.09. The van der Waals surface area contributed by atoms with Crippen molar-refractivity contribution >= 4 is 23.6 Å². The first-order valence-electron chi connectivity index (χ1n) is 7.94. The van der Waals surface area contributed by atoms with Crippen molar-refractivity contribution in [3.05, 3.63) is 35.9 Å². The van der Waals surface area contributed by atoms with Crippen LogP contribution in [-0.4, -0.2) is 34.9 Å². The van der Waals surface area contributed by atoms with Crippen molar-refractivity contribution < 1.29 is 4.39 Å². The van der Waals surface area contributed by atoms with Crippen molar-refractivity contribution in [2.45, 2.75) is 50.6 Å². The van der Waals surface area contributed by atoms with Crippen molar-refractivity contribution in [3.8, 4) is 0 Å². The number of amidine groups is 1. The molecule has 1 aliphatic carbocycles. The molecule has 120 valence electrons. The fourth-order valence-corrected chi connectivity index (χ4v) is 3.30. The second kappa shape index (κ2) is 8.32. The van der Waals surface area contributed by atoms with Crippen molar-refractivity contribution in [3.63, 3.8) is 0 Å². The molecule has 1 heterocycles. The standard InChI is InChI=1S/C15H18FN3S.C2H6/c1-17-15(20-13-7-8-13)18-19-10-12(16)9-14(19)11-5-3-2-4-6-11;1-2/h2-6,12-14H,1,7-10H2;1-2H3/b18-15+;. The Hall–Kier alpha value is -1.36. The lowest BCUT2D eigenvalue weighted by atomic mass is 10.1. The number of thioether (sulfide) groups is 1. The molecule has 0 N–H and O–H groups in total. The van der Waals surface area contributed by atoms with E-state index in [0.29, 0.717) is 23.4 Å². The molecule has 5 heteroatoms. The van der Waals surface area contributed by atoms with Crippen molar-refractivity contribution in [2.24, 2.45) is 10.1 Å². The molecule has 1 saturated heterocycles. The Balaban J connectivity index is 0.000000847. The van der Waals surface area contributed by atoms with Crippen LogP contribution in [0.25, 0.3) is 0 Å². The average Bonchev–Trinajstić information content (AvgIpc) is 3.30. The molecule has 1 aromatic rings. The molecule has 2 aliphatic rings. The van der Waals surface area contributed by atoms with Crippen LogP contribution in [0.2, 0.25) is 0 Å². The molecule has 0 amide bonds. The summed E-state index contributed by atoms with van der Waals surface area (Å²) in [5.74, 6) is 0. The first kappa shape index (κ1) is 17.0. The van der Waals surface area contributed by atoms with E-state index in [1.165, 1.54) is 12.8 Å². The highest BCUT2D eigenvalue weighted by Crippen LogP contribution is 2.37. The Bertz CT molecular complexity index is 502. The number of hydrogen-bond acceptors (Lipinski definition) is 3. The number of hydrazone groups is 1. The molecule has 3 nitrogen and oxygen atoms in total. The van der Waals surface area contributed by atoms with Gasteiger partial charge in [-0.05, 0) is 25.1 Å². The maximum absolute atomic E-state index is 13.8. The van der Waals surface area contributed by atoms with Gasteiger partial charge in [0, 0.05) is 11.7 Å². The summed E-state index contributed by atoms with van der Waals surface area (Å²) in [4.78, 5) is 3.98. The maximum atomic E-state index is 13.8. The molecule has 0 spiro atoms. The van der Waals surface area contributed by atoms with Crippen LogP contribution in [0.4, 0.5) is 4.39 Å². The third kappa shape index (κ3) is 4.57. The normalized spacial score (nSPS) is 24.7. The van der Waals surface area contributed by atoms with Crippen molar-refractivity contribution in [1.82, 2.24) is 5.01 Å². The number of rotatable bonds is 3. The zero-order valence-corrected chi connectivity index (χ0v) is 14.1. The summed E-state index contributed by atoms with van der Waals surface area (Å²) >= 11 is 1.65. The van der Waals surface area contributed by atoms with E-state index in [9.17, 15) is 4.39 Å². The summed E-state index contributed by atoms with van der Waals surface area (Å²) in [7, 11) is 0. The van der Waals surface area contributed by atoms with Gasteiger partial charge in [-0.3, -0.25) is 5.01 Å². The summed E-state index contributed by atoms with van der Waals surface area (Å²) in [5, 5.41) is 7.65. The van der Waals surface area contributed by atoms with Gasteiger partial charge in [-0.25, -0.2) is 9.38 Å². The maximum Gasteiger partial charge on any atom is 0.206 e. The van der Waals surface area contributed by atoms with Gasteiger partial charge in [-0.1, -0.05) is 55.9 Å². The Labute approximate surface area is 136 Å². The molecular formula is C17H24FN3S. The minimum Gasteiger partial charge on any atom is -0.284 e. The Kier molecular flexibility index (Phi) is 6.43. The minimum absolute atomic E-state index is 0.00255. The molecule has 0 aromatic heterocycles. The van der Waals surface area contributed by atoms with Gasteiger partial charge in [0.05, 0.1) is 12.6 Å². The molecule has 0 bridgehead atoms. The van der Waals surface area contributed by atoms with Crippen molar-refractivity contribution in [2.75, 3.05) is 6.54 Å². The Morgan fingerprint density at radius 1 is 1.27 bits per heavy atom. The molecule has 2 fully saturated rings. The SMILES string of the molecule is C=N/C(=N\N1CC(F)CC1c1ccccc1)SC1CC1.CC. The Morgan fingerprint density at radius 3 is 2.55 bits per heavy atom. The van der Waals surface area contributed by atoms with E-state index >= 15 is 0 Å². The van der Waals surface area contributed by atoms with E-state index in [1.54, 1.807) is 11.8 Å². The monoisotopic (exact) mass is 321 g/mol. The van der Waals surface area contributed by atoms with E-state index in [1.807, 2.05) is 49.2 Å². The highest BCUT2D eigenvalue weighted by atomic mass is 32.2. The van der Waals surface area contributed by atoms with Gasteiger partial charge in [0.1, 0.15) is 6.17 Å². The van der Waals surface area contributed by atoms with Crippen LogP contribution in [0.15, 0.2) is 40.4 Å². The number of nitrogens with zero attached hydrogens (tertiary/aromatic N) is 3. The lowest BCUT2D eigenvalue weighted by Crippen LogP contribution is -2.19. The fourth-order valence-electron chi connectivity index (χ4n) is 2.40. The zero-order chi connectivity index (χ0) is 15.9. The first-order valence-corrected chi connectivity index (χ1v) is 8.82. The number of benzene rings is 1. The predicted molar refractivity (Wildman–Crippen MR) is 94.3 cm³/mol. The van der Waals surface area contributed by atoms with Gasteiger partial charge in [-0.2, -0.15) is 0 Å².